The smallest absolute Gasteiger partial charge is 0.244 e. The van der Waals surface area contributed by atoms with E-state index in [1.54, 1.807) is 18.7 Å². The summed E-state index contributed by atoms with van der Waals surface area (Å²) in [6.45, 7) is 0.567. The molecule has 0 atom stereocenters. The maximum absolute atomic E-state index is 5.41. The minimum atomic E-state index is 0.556. The highest BCUT2D eigenvalue weighted by molar-refractivity contribution is 5.44. The van der Waals surface area contributed by atoms with E-state index >= 15 is 0 Å². The van der Waals surface area contributed by atoms with Crippen LogP contribution in [0.15, 0.2) is 23.1 Å². The number of hydrogen-bond acceptors (Lipinski definition) is 4. The first-order valence-corrected chi connectivity index (χ1v) is 4.03. The first-order valence-electron chi connectivity index (χ1n) is 4.03. The van der Waals surface area contributed by atoms with E-state index < -0.39 is 0 Å². The van der Waals surface area contributed by atoms with Gasteiger partial charge in [-0.15, -0.1) is 0 Å². The Kier molecular flexibility index (Phi) is 2.09. The van der Waals surface area contributed by atoms with Crippen LogP contribution in [0.4, 0.5) is 0 Å². The Labute approximate surface area is 75.0 Å². The lowest BCUT2D eigenvalue weighted by Crippen LogP contribution is -2.01. The molecule has 5 heteroatoms. The molecule has 0 bridgehead atoms. The molecule has 68 valence electrons. The lowest BCUT2D eigenvalue weighted by Gasteiger charge is -1.89. The van der Waals surface area contributed by atoms with Gasteiger partial charge in [-0.3, -0.25) is 0 Å². The number of nitrogens with two attached hydrogens (primary N) is 1. The van der Waals surface area contributed by atoms with Crippen LogP contribution in [-0.2, 0) is 6.42 Å². The summed E-state index contributed by atoms with van der Waals surface area (Å²) in [7, 11) is 0. The van der Waals surface area contributed by atoms with Crippen LogP contribution < -0.4 is 5.73 Å². The fourth-order valence-corrected chi connectivity index (χ4v) is 1.06. The van der Waals surface area contributed by atoms with Crippen molar-refractivity contribution < 1.29 is 4.42 Å². The molecular formula is C8H10N4O. The van der Waals surface area contributed by atoms with Crippen molar-refractivity contribution in [2.24, 2.45) is 5.73 Å². The average Bonchev–Trinajstić information content (AvgIpc) is 2.70. The van der Waals surface area contributed by atoms with E-state index in [2.05, 4.69) is 15.0 Å². The van der Waals surface area contributed by atoms with Crippen molar-refractivity contribution in [2.75, 3.05) is 6.54 Å². The van der Waals surface area contributed by atoms with Gasteiger partial charge < -0.3 is 15.1 Å². The highest BCUT2D eigenvalue weighted by Gasteiger charge is 2.06. The predicted octanol–water partition coefficient (Wildman–Crippen LogP) is 0.566. The van der Waals surface area contributed by atoms with Gasteiger partial charge in [-0.05, 0) is 6.54 Å². The minimum absolute atomic E-state index is 0.556. The number of nitrogens with zero attached hydrogens (tertiary/aromatic N) is 2. The van der Waals surface area contributed by atoms with Crippen molar-refractivity contribution in [1.29, 1.82) is 0 Å². The van der Waals surface area contributed by atoms with Gasteiger partial charge in [-0.1, -0.05) is 0 Å². The zero-order valence-corrected chi connectivity index (χ0v) is 7.03. The Balaban J connectivity index is 2.23. The summed E-state index contributed by atoms with van der Waals surface area (Å²) >= 11 is 0. The molecule has 0 saturated carbocycles. The topological polar surface area (TPSA) is 80.7 Å². The summed E-state index contributed by atoms with van der Waals surface area (Å²) in [5, 5.41) is 0. The fraction of sp³-hybridized carbons (Fsp3) is 0.250. The molecule has 0 aliphatic carbocycles. The van der Waals surface area contributed by atoms with Gasteiger partial charge in [0.05, 0.1) is 18.7 Å². The van der Waals surface area contributed by atoms with Crippen LogP contribution in [0.25, 0.3) is 11.6 Å². The molecule has 5 nitrogen and oxygen atoms in total. The quantitative estimate of drug-likeness (QED) is 0.719. The van der Waals surface area contributed by atoms with Crippen molar-refractivity contribution in [3.05, 3.63) is 24.5 Å². The third-order valence-corrected chi connectivity index (χ3v) is 1.67. The molecule has 3 N–H and O–H groups in total. The molecule has 2 rings (SSSR count). The molecule has 0 saturated heterocycles. The Hall–Kier alpha value is -1.62. The molecule has 0 aliphatic heterocycles. The maximum atomic E-state index is 5.41. The number of H-pyrrole nitrogens is 1. The maximum Gasteiger partial charge on any atom is 0.244 e. The molecule has 13 heavy (non-hydrogen) atoms. The van der Waals surface area contributed by atoms with Crippen molar-refractivity contribution in [2.45, 2.75) is 6.42 Å². The molecule has 2 aromatic rings. The lowest BCUT2D eigenvalue weighted by atomic mass is 10.4. The van der Waals surface area contributed by atoms with E-state index in [0.717, 1.165) is 11.5 Å². The van der Waals surface area contributed by atoms with Crippen molar-refractivity contribution in [1.82, 2.24) is 15.0 Å². The van der Waals surface area contributed by atoms with Crippen LogP contribution in [0.2, 0.25) is 0 Å². The average molecular weight is 178 g/mol. The lowest BCUT2D eigenvalue weighted by molar-refractivity contribution is 0.517. The number of nitrogens with one attached hydrogen (secondary N) is 1. The third kappa shape index (κ3) is 1.59. The van der Waals surface area contributed by atoms with Gasteiger partial charge in [0.25, 0.3) is 0 Å². The van der Waals surface area contributed by atoms with Crippen LogP contribution in [-0.4, -0.2) is 21.5 Å². The first-order chi connectivity index (χ1) is 6.40. The Morgan fingerprint density at radius 2 is 2.38 bits per heavy atom. The highest BCUT2D eigenvalue weighted by atomic mass is 16.4. The molecule has 2 heterocycles. The van der Waals surface area contributed by atoms with Crippen LogP contribution in [0.3, 0.4) is 0 Å². The largest absolute Gasteiger partial charge is 0.440 e. The number of hydrogen-bond donors (Lipinski definition) is 2. The van der Waals surface area contributed by atoms with Gasteiger partial charge in [-0.25, -0.2) is 9.97 Å². The standard InChI is InChI=1S/C8H10N4O/c9-2-1-6-3-11-8(13-6)7-4-10-5-12-7/h3-5H,1-2,9H2,(H,10,12). The van der Waals surface area contributed by atoms with Crippen LogP contribution >= 0.6 is 0 Å². The van der Waals surface area contributed by atoms with Crippen molar-refractivity contribution >= 4 is 0 Å². The predicted molar refractivity (Wildman–Crippen MR) is 46.8 cm³/mol. The molecule has 0 fully saturated rings. The monoisotopic (exact) mass is 178 g/mol. The molecule has 0 aromatic carbocycles. The first kappa shape index (κ1) is 8.00. The van der Waals surface area contributed by atoms with E-state index in [1.165, 1.54) is 0 Å². The molecular weight excluding hydrogens is 168 g/mol. The summed E-state index contributed by atoms with van der Waals surface area (Å²) in [5.74, 6) is 1.35. The summed E-state index contributed by atoms with van der Waals surface area (Å²) in [5.41, 5.74) is 6.16. The van der Waals surface area contributed by atoms with Gasteiger partial charge in [0.2, 0.25) is 5.89 Å². The molecule has 0 spiro atoms. The van der Waals surface area contributed by atoms with Crippen LogP contribution in [0.1, 0.15) is 5.76 Å². The number of rotatable bonds is 3. The summed E-state index contributed by atoms with van der Waals surface area (Å²) in [4.78, 5) is 10.9. The molecule has 0 radical (unpaired) electrons. The normalized spacial score (nSPS) is 10.5. The van der Waals surface area contributed by atoms with E-state index in [9.17, 15) is 0 Å². The Bertz CT molecular complexity index is 365. The summed E-state index contributed by atoms with van der Waals surface area (Å²) < 4.78 is 5.41. The number of imidazole rings is 1. The SMILES string of the molecule is NCCc1cnc(-c2cnc[nH]2)o1. The van der Waals surface area contributed by atoms with Gasteiger partial charge in [0, 0.05) is 6.42 Å². The summed E-state index contributed by atoms with van der Waals surface area (Å²) in [6, 6.07) is 0. The van der Waals surface area contributed by atoms with E-state index in [4.69, 9.17) is 10.2 Å². The number of aromatic nitrogens is 3. The van der Waals surface area contributed by atoms with Gasteiger partial charge in [-0.2, -0.15) is 0 Å². The second kappa shape index (κ2) is 3.40. The number of aromatic amines is 1. The van der Waals surface area contributed by atoms with E-state index in [-0.39, 0.29) is 0 Å². The van der Waals surface area contributed by atoms with Crippen LogP contribution in [0.5, 0.6) is 0 Å². The highest BCUT2D eigenvalue weighted by Crippen LogP contribution is 2.15. The second-order valence-electron chi connectivity index (χ2n) is 2.64. The molecule has 0 unspecified atom stereocenters. The second-order valence-corrected chi connectivity index (χ2v) is 2.64. The van der Waals surface area contributed by atoms with E-state index in [0.29, 0.717) is 18.9 Å². The van der Waals surface area contributed by atoms with Gasteiger partial charge >= 0.3 is 0 Å². The van der Waals surface area contributed by atoms with Crippen LogP contribution in [0, 0.1) is 0 Å². The third-order valence-electron chi connectivity index (χ3n) is 1.67. The van der Waals surface area contributed by atoms with Gasteiger partial charge in [0.15, 0.2) is 0 Å². The van der Waals surface area contributed by atoms with E-state index in [1.807, 2.05) is 0 Å². The molecule has 0 aliphatic rings. The zero-order valence-electron chi connectivity index (χ0n) is 7.03. The minimum Gasteiger partial charge on any atom is -0.440 e. The van der Waals surface area contributed by atoms with Gasteiger partial charge in [0.1, 0.15) is 11.5 Å². The Morgan fingerprint density at radius 3 is 3.08 bits per heavy atom. The Morgan fingerprint density at radius 1 is 1.46 bits per heavy atom. The fourth-order valence-electron chi connectivity index (χ4n) is 1.06. The van der Waals surface area contributed by atoms with Crippen molar-refractivity contribution in [3.63, 3.8) is 0 Å². The summed E-state index contributed by atoms with van der Waals surface area (Å²) in [6.07, 6.45) is 5.64. The molecule has 2 aromatic heterocycles. The number of oxazole rings is 1. The molecule has 0 amide bonds. The zero-order chi connectivity index (χ0) is 9.10. The van der Waals surface area contributed by atoms with Crippen molar-refractivity contribution in [3.8, 4) is 11.6 Å².